The average molecular weight is 262 g/mol. The Hall–Kier alpha value is -2.76. The number of fused-ring (bicyclic) bond motifs is 2. The normalized spacial score (nSPS) is 12.4. The van der Waals surface area contributed by atoms with Gasteiger partial charge in [-0.2, -0.15) is 0 Å². The molecule has 6 heteroatoms. The van der Waals surface area contributed by atoms with E-state index in [1.54, 1.807) is 6.07 Å². The first kappa shape index (κ1) is 11.3. The molecule has 0 fully saturated rings. The van der Waals surface area contributed by atoms with Gasteiger partial charge >= 0.3 is 0 Å². The second-order valence-corrected chi connectivity index (χ2v) is 4.28. The van der Waals surface area contributed by atoms with Crippen LogP contribution in [0, 0.1) is 0 Å². The number of phenolic OH excluding ortho intramolecular Hbond substituents is 5. The highest BCUT2D eigenvalue weighted by Crippen LogP contribution is 2.52. The van der Waals surface area contributed by atoms with E-state index in [1.807, 2.05) is 0 Å². The van der Waals surface area contributed by atoms with Gasteiger partial charge in [-0.3, -0.25) is 0 Å². The van der Waals surface area contributed by atoms with Gasteiger partial charge in [0.2, 0.25) is 17.2 Å². The van der Waals surface area contributed by atoms with Crippen LogP contribution >= 0.6 is 0 Å². The van der Waals surface area contributed by atoms with Gasteiger partial charge in [0, 0.05) is 17.5 Å². The summed E-state index contributed by atoms with van der Waals surface area (Å²) >= 11 is 0. The van der Waals surface area contributed by atoms with Crippen molar-refractivity contribution >= 4 is 0 Å². The summed E-state index contributed by atoms with van der Waals surface area (Å²) in [6.07, 6.45) is 0.278. The summed E-state index contributed by atoms with van der Waals surface area (Å²) in [5.74, 6) is -2.56. The highest BCUT2D eigenvalue weighted by Gasteiger charge is 2.27. The maximum atomic E-state index is 9.73. The minimum atomic E-state index is -0.693. The molecule has 0 aliphatic carbocycles. The van der Waals surface area contributed by atoms with Crippen LogP contribution in [-0.2, 0) is 6.42 Å². The molecule has 6 nitrogen and oxygen atoms in total. The average Bonchev–Trinajstić information content (AvgIpc) is 2.39. The number of benzene rings is 2. The summed E-state index contributed by atoms with van der Waals surface area (Å²) < 4.78 is 5.32. The molecule has 1 aliphatic rings. The van der Waals surface area contributed by atoms with Crippen molar-refractivity contribution in [2.75, 3.05) is 0 Å². The molecule has 1 aliphatic heterocycles. The lowest BCUT2D eigenvalue weighted by molar-refractivity contribution is 0.331. The summed E-state index contributed by atoms with van der Waals surface area (Å²) in [5, 5.41) is 47.7. The van der Waals surface area contributed by atoms with E-state index in [9.17, 15) is 25.5 Å². The first-order valence-corrected chi connectivity index (χ1v) is 5.47. The molecule has 1 heterocycles. The van der Waals surface area contributed by atoms with E-state index < -0.39 is 23.0 Å². The Kier molecular flexibility index (Phi) is 2.16. The van der Waals surface area contributed by atoms with Gasteiger partial charge in [0.25, 0.3) is 0 Å². The van der Waals surface area contributed by atoms with Gasteiger partial charge in [-0.05, 0) is 12.1 Å². The van der Waals surface area contributed by atoms with Crippen molar-refractivity contribution in [3.63, 3.8) is 0 Å². The fraction of sp³-hybridized carbons (Fsp3) is 0.0769. The molecule has 0 aromatic heterocycles. The minimum Gasteiger partial charge on any atom is -0.504 e. The second-order valence-electron chi connectivity index (χ2n) is 4.28. The Labute approximate surface area is 107 Å². The first-order chi connectivity index (χ1) is 8.99. The molecule has 2 aromatic rings. The van der Waals surface area contributed by atoms with Crippen LogP contribution in [0.1, 0.15) is 11.1 Å². The van der Waals surface area contributed by atoms with Crippen LogP contribution in [0.3, 0.4) is 0 Å². The van der Waals surface area contributed by atoms with Gasteiger partial charge in [-0.15, -0.1) is 0 Å². The Morgan fingerprint density at radius 3 is 2.16 bits per heavy atom. The fourth-order valence-corrected chi connectivity index (χ4v) is 2.09. The maximum Gasteiger partial charge on any atom is 0.205 e. The van der Waals surface area contributed by atoms with E-state index in [2.05, 4.69) is 0 Å². The van der Waals surface area contributed by atoms with E-state index in [1.165, 1.54) is 12.1 Å². The molecular weight excluding hydrogens is 252 g/mol. The Bertz CT molecular complexity index is 692. The Balaban J connectivity index is 2.20. The lowest BCUT2D eigenvalue weighted by atomic mass is 9.98. The van der Waals surface area contributed by atoms with Crippen LogP contribution in [0.25, 0.3) is 0 Å². The molecule has 0 spiro atoms. The lowest BCUT2D eigenvalue weighted by Crippen LogP contribution is -2.03. The predicted octanol–water partition coefficient (Wildman–Crippen LogP) is 1.91. The molecule has 0 radical (unpaired) electrons. The van der Waals surface area contributed by atoms with Crippen molar-refractivity contribution in [2.24, 2.45) is 0 Å². The van der Waals surface area contributed by atoms with Crippen LogP contribution in [-0.4, -0.2) is 25.5 Å². The molecule has 0 bridgehead atoms. The van der Waals surface area contributed by atoms with Crippen LogP contribution in [0.15, 0.2) is 18.2 Å². The monoisotopic (exact) mass is 262 g/mol. The quantitative estimate of drug-likeness (QED) is 0.396. The number of rotatable bonds is 0. The zero-order chi connectivity index (χ0) is 13.7. The van der Waals surface area contributed by atoms with Crippen molar-refractivity contribution in [1.29, 1.82) is 0 Å². The smallest absolute Gasteiger partial charge is 0.205 e. The highest BCUT2D eigenvalue weighted by atomic mass is 16.5. The zero-order valence-corrected chi connectivity index (χ0v) is 9.58. The van der Waals surface area contributed by atoms with E-state index >= 15 is 0 Å². The van der Waals surface area contributed by atoms with E-state index in [4.69, 9.17) is 4.74 Å². The molecule has 0 atom stereocenters. The molecule has 0 saturated heterocycles. The Morgan fingerprint density at radius 2 is 1.42 bits per heavy atom. The largest absolute Gasteiger partial charge is 0.504 e. The van der Waals surface area contributed by atoms with Gasteiger partial charge in [0.15, 0.2) is 23.0 Å². The van der Waals surface area contributed by atoms with E-state index in [-0.39, 0.29) is 23.7 Å². The van der Waals surface area contributed by atoms with Crippen molar-refractivity contribution in [1.82, 2.24) is 0 Å². The van der Waals surface area contributed by atoms with Crippen LogP contribution in [0.4, 0.5) is 0 Å². The molecule has 3 rings (SSSR count). The van der Waals surface area contributed by atoms with Gasteiger partial charge in [-0.1, -0.05) is 6.07 Å². The van der Waals surface area contributed by atoms with Crippen LogP contribution in [0.2, 0.25) is 0 Å². The third-order valence-electron chi connectivity index (χ3n) is 3.06. The number of hydrogen-bond donors (Lipinski definition) is 5. The number of aromatic hydroxyl groups is 5. The topological polar surface area (TPSA) is 110 Å². The number of ether oxygens (including phenoxy) is 1. The summed E-state index contributed by atoms with van der Waals surface area (Å²) in [4.78, 5) is 0. The number of phenols is 5. The van der Waals surface area contributed by atoms with E-state index in [0.29, 0.717) is 11.1 Å². The third-order valence-corrected chi connectivity index (χ3v) is 3.06. The minimum absolute atomic E-state index is 0.0212. The third kappa shape index (κ3) is 1.50. The van der Waals surface area contributed by atoms with Crippen molar-refractivity contribution < 1.29 is 30.3 Å². The molecule has 0 saturated carbocycles. The highest BCUT2D eigenvalue weighted by molar-refractivity contribution is 5.67. The van der Waals surface area contributed by atoms with Crippen molar-refractivity contribution in [3.05, 3.63) is 29.3 Å². The van der Waals surface area contributed by atoms with Gasteiger partial charge < -0.3 is 30.3 Å². The van der Waals surface area contributed by atoms with E-state index in [0.717, 1.165) is 0 Å². The van der Waals surface area contributed by atoms with Gasteiger partial charge in [-0.25, -0.2) is 0 Å². The summed E-state index contributed by atoms with van der Waals surface area (Å²) in [6, 6.07) is 4.16. The van der Waals surface area contributed by atoms with Crippen LogP contribution in [0.5, 0.6) is 40.2 Å². The second kappa shape index (κ2) is 3.61. The molecule has 0 unspecified atom stereocenters. The fourth-order valence-electron chi connectivity index (χ4n) is 2.09. The van der Waals surface area contributed by atoms with Crippen LogP contribution < -0.4 is 4.74 Å². The SMILES string of the molecule is Oc1cc2c(c(O)c1O)Oc1c(ccc(O)c1O)C2. The molecule has 0 amide bonds. The van der Waals surface area contributed by atoms with Crippen molar-refractivity contribution in [2.45, 2.75) is 6.42 Å². The first-order valence-electron chi connectivity index (χ1n) is 5.47. The molecular formula is C13H10O6. The van der Waals surface area contributed by atoms with Crippen molar-refractivity contribution in [3.8, 4) is 40.2 Å². The summed E-state index contributed by atoms with van der Waals surface area (Å²) in [7, 11) is 0. The number of hydrogen-bond acceptors (Lipinski definition) is 6. The molecule has 19 heavy (non-hydrogen) atoms. The zero-order valence-electron chi connectivity index (χ0n) is 9.58. The lowest BCUT2D eigenvalue weighted by Gasteiger charge is -2.22. The Morgan fingerprint density at radius 1 is 0.737 bits per heavy atom. The van der Waals surface area contributed by atoms with Gasteiger partial charge in [0.05, 0.1) is 0 Å². The molecule has 98 valence electrons. The summed E-state index contributed by atoms with van der Waals surface area (Å²) in [5.41, 5.74) is 1.05. The standard InChI is InChI=1S/C13H10O6/c14-7-2-1-5-3-6-4-8(15)9(16)11(18)13(6)19-12(5)10(7)17/h1-2,4,14-18H,3H2. The molecule has 5 N–H and O–H groups in total. The van der Waals surface area contributed by atoms with Gasteiger partial charge in [0.1, 0.15) is 0 Å². The maximum absolute atomic E-state index is 9.73. The summed E-state index contributed by atoms with van der Waals surface area (Å²) in [6.45, 7) is 0. The molecule has 2 aromatic carbocycles. The predicted molar refractivity (Wildman–Crippen MR) is 64.1 cm³/mol.